The van der Waals surface area contributed by atoms with Gasteiger partial charge in [0, 0.05) is 18.3 Å². The fourth-order valence-corrected chi connectivity index (χ4v) is 4.39. The van der Waals surface area contributed by atoms with Crippen LogP contribution in [0.25, 0.3) is 0 Å². The molecule has 1 amide bonds. The van der Waals surface area contributed by atoms with Crippen LogP contribution in [-0.4, -0.2) is 21.5 Å². The first-order chi connectivity index (χ1) is 10.2. The summed E-state index contributed by atoms with van der Waals surface area (Å²) in [6.07, 6.45) is 4.73. The number of rotatable bonds is 3. The Labute approximate surface area is 128 Å². The Bertz CT molecular complexity index is 718. The largest absolute Gasteiger partial charge is 0.351 e. The van der Waals surface area contributed by atoms with Crippen molar-refractivity contribution in [3.8, 4) is 0 Å². The average Bonchev–Trinajstić information content (AvgIpc) is 2.75. The van der Waals surface area contributed by atoms with Gasteiger partial charge in [-0.2, -0.15) is 0 Å². The Hall–Kier alpha value is -1.85. The molecule has 3 unspecified atom stereocenters. The summed E-state index contributed by atoms with van der Waals surface area (Å²) in [5.41, 5.74) is -0.658. The third-order valence-electron chi connectivity index (χ3n) is 6.34. The van der Waals surface area contributed by atoms with E-state index < -0.39 is 11.2 Å². The van der Waals surface area contributed by atoms with Crippen LogP contribution in [0.3, 0.4) is 0 Å². The molecular formula is C16H23N3O3. The van der Waals surface area contributed by atoms with Crippen molar-refractivity contribution >= 4 is 5.91 Å². The molecule has 2 aliphatic carbocycles. The van der Waals surface area contributed by atoms with E-state index in [0.29, 0.717) is 5.92 Å². The van der Waals surface area contributed by atoms with Gasteiger partial charge in [-0.3, -0.25) is 19.1 Å². The zero-order chi connectivity index (χ0) is 16.1. The number of fused-ring (bicyclic) bond motifs is 2. The lowest BCUT2D eigenvalue weighted by atomic mass is 9.69. The zero-order valence-corrected chi connectivity index (χ0v) is 13.3. The molecule has 6 heteroatoms. The maximum atomic E-state index is 12.3. The summed E-state index contributed by atoms with van der Waals surface area (Å²) in [7, 11) is 0. The summed E-state index contributed by atoms with van der Waals surface area (Å²) < 4.78 is 1.22. The van der Waals surface area contributed by atoms with Crippen molar-refractivity contribution in [3.63, 3.8) is 0 Å². The number of carbonyl (C=O) groups excluding carboxylic acids is 1. The van der Waals surface area contributed by atoms with E-state index in [0.717, 1.165) is 12.8 Å². The molecule has 1 heterocycles. The van der Waals surface area contributed by atoms with Crippen molar-refractivity contribution in [2.45, 2.75) is 52.6 Å². The Morgan fingerprint density at radius 2 is 2.14 bits per heavy atom. The molecule has 22 heavy (non-hydrogen) atoms. The molecule has 0 aromatic carbocycles. The summed E-state index contributed by atoms with van der Waals surface area (Å²) in [6, 6.07) is 1.41. The molecule has 2 bridgehead atoms. The van der Waals surface area contributed by atoms with Gasteiger partial charge in [-0.05, 0) is 36.0 Å². The molecule has 6 nitrogen and oxygen atoms in total. The van der Waals surface area contributed by atoms with Crippen molar-refractivity contribution in [2.24, 2.45) is 16.7 Å². The van der Waals surface area contributed by atoms with Crippen LogP contribution in [0.2, 0.25) is 0 Å². The number of H-pyrrole nitrogens is 1. The number of nitrogens with one attached hydrogen (secondary N) is 2. The molecular weight excluding hydrogens is 282 g/mol. The van der Waals surface area contributed by atoms with Crippen LogP contribution < -0.4 is 16.6 Å². The summed E-state index contributed by atoms with van der Waals surface area (Å²) in [5, 5.41) is 3.11. The van der Waals surface area contributed by atoms with Gasteiger partial charge in [0.05, 0.1) is 0 Å². The van der Waals surface area contributed by atoms with Crippen LogP contribution in [-0.2, 0) is 11.3 Å². The molecule has 0 spiro atoms. The standard InChI is InChI=1S/C16H23N3O3/c1-15(2)10-4-6-16(15,3)11(8-10)17-13(21)9-19-7-5-12(20)18-14(19)22/h5,7,10-11H,4,6,8-9H2,1-3H3,(H,17,21)(H,18,20,22). The number of hydrogen-bond acceptors (Lipinski definition) is 3. The predicted molar refractivity (Wildman–Crippen MR) is 82.5 cm³/mol. The normalized spacial score (nSPS) is 32.1. The van der Waals surface area contributed by atoms with Crippen LogP contribution in [0.15, 0.2) is 21.9 Å². The molecule has 2 aliphatic rings. The topological polar surface area (TPSA) is 84.0 Å². The highest BCUT2D eigenvalue weighted by atomic mass is 16.2. The zero-order valence-electron chi connectivity index (χ0n) is 13.3. The fourth-order valence-electron chi connectivity index (χ4n) is 4.39. The van der Waals surface area contributed by atoms with Gasteiger partial charge in [0.25, 0.3) is 5.56 Å². The SMILES string of the molecule is CC1(C)C2CCC1(C)C(NC(=O)Cn1ccc(=O)[nH]c1=O)C2. The fraction of sp³-hybridized carbons (Fsp3) is 0.688. The van der Waals surface area contributed by atoms with Gasteiger partial charge < -0.3 is 5.32 Å². The average molecular weight is 305 g/mol. The summed E-state index contributed by atoms with van der Waals surface area (Å²) in [4.78, 5) is 37.1. The molecule has 0 aliphatic heterocycles. The van der Waals surface area contributed by atoms with E-state index in [1.807, 2.05) is 0 Å². The van der Waals surface area contributed by atoms with Crippen LogP contribution >= 0.6 is 0 Å². The van der Waals surface area contributed by atoms with Crippen LogP contribution in [0.1, 0.15) is 40.0 Å². The maximum absolute atomic E-state index is 12.3. The van der Waals surface area contributed by atoms with Crippen molar-refractivity contribution in [2.75, 3.05) is 0 Å². The van der Waals surface area contributed by atoms with Crippen molar-refractivity contribution in [1.82, 2.24) is 14.9 Å². The highest BCUT2D eigenvalue weighted by molar-refractivity contribution is 5.76. The van der Waals surface area contributed by atoms with Crippen molar-refractivity contribution in [1.29, 1.82) is 0 Å². The van der Waals surface area contributed by atoms with Gasteiger partial charge in [0.2, 0.25) is 5.91 Å². The van der Waals surface area contributed by atoms with E-state index in [4.69, 9.17) is 0 Å². The van der Waals surface area contributed by atoms with E-state index in [1.165, 1.54) is 23.3 Å². The van der Waals surface area contributed by atoms with Crippen molar-refractivity contribution in [3.05, 3.63) is 33.1 Å². The number of aromatic amines is 1. The summed E-state index contributed by atoms with van der Waals surface area (Å²) in [5.74, 6) is 0.474. The number of hydrogen-bond donors (Lipinski definition) is 2. The second kappa shape index (κ2) is 4.83. The van der Waals surface area contributed by atoms with Gasteiger partial charge in [-0.1, -0.05) is 20.8 Å². The second-order valence-corrected chi connectivity index (χ2v) is 7.47. The molecule has 0 radical (unpaired) electrons. The highest BCUT2D eigenvalue weighted by Crippen LogP contribution is 2.65. The third-order valence-corrected chi connectivity index (χ3v) is 6.34. The predicted octanol–water partition coefficient (Wildman–Crippen LogP) is 0.868. The molecule has 0 saturated heterocycles. The number of aromatic nitrogens is 2. The van der Waals surface area contributed by atoms with Crippen LogP contribution in [0, 0.1) is 16.7 Å². The molecule has 120 valence electrons. The third kappa shape index (κ3) is 2.12. The molecule has 1 aromatic rings. The van der Waals surface area contributed by atoms with E-state index in [2.05, 4.69) is 31.1 Å². The number of carbonyl (C=O) groups is 1. The first kappa shape index (κ1) is 15.1. The molecule has 2 N–H and O–H groups in total. The van der Waals surface area contributed by atoms with Gasteiger partial charge in [-0.15, -0.1) is 0 Å². The van der Waals surface area contributed by atoms with E-state index in [9.17, 15) is 14.4 Å². The Balaban J connectivity index is 1.71. The van der Waals surface area contributed by atoms with E-state index in [1.54, 1.807) is 0 Å². The quantitative estimate of drug-likeness (QED) is 0.869. The Morgan fingerprint density at radius 1 is 1.41 bits per heavy atom. The Kier molecular flexibility index (Phi) is 3.30. The van der Waals surface area contributed by atoms with Gasteiger partial charge in [-0.25, -0.2) is 4.79 Å². The molecule has 2 saturated carbocycles. The van der Waals surface area contributed by atoms with E-state index >= 15 is 0 Å². The van der Waals surface area contributed by atoms with Gasteiger partial charge in [0.1, 0.15) is 6.54 Å². The lowest BCUT2D eigenvalue weighted by Crippen LogP contribution is -2.48. The minimum absolute atomic E-state index is 0.0622. The van der Waals surface area contributed by atoms with Crippen LogP contribution in [0.4, 0.5) is 0 Å². The van der Waals surface area contributed by atoms with Crippen molar-refractivity contribution < 1.29 is 4.79 Å². The minimum Gasteiger partial charge on any atom is -0.351 e. The summed E-state index contributed by atoms with van der Waals surface area (Å²) >= 11 is 0. The van der Waals surface area contributed by atoms with Gasteiger partial charge >= 0.3 is 5.69 Å². The molecule has 3 rings (SSSR count). The summed E-state index contributed by atoms with van der Waals surface area (Å²) in [6.45, 7) is 6.79. The second-order valence-electron chi connectivity index (χ2n) is 7.47. The molecule has 1 aromatic heterocycles. The Morgan fingerprint density at radius 3 is 2.68 bits per heavy atom. The van der Waals surface area contributed by atoms with Gasteiger partial charge in [0.15, 0.2) is 0 Å². The highest BCUT2D eigenvalue weighted by Gasteiger charge is 2.61. The first-order valence-corrected chi connectivity index (χ1v) is 7.83. The van der Waals surface area contributed by atoms with E-state index in [-0.39, 0.29) is 29.3 Å². The smallest absolute Gasteiger partial charge is 0.328 e. The first-order valence-electron chi connectivity index (χ1n) is 7.83. The minimum atomic E-state index is -0.554. The maximum Gasteiger partial charge on any atom is 0.328 e. The lowest BCUT2D eigenvalue weighted by molar-refractivity contribution is -0.123. The lowest BCUT2D eigenvalue weighted by Gasteiger charge is -2.39. The number of nitrogens with zero attached hydrogens (tertiary/aromatic N) is 1. The molecule has 2 fully saturated rings. The van der Waals surface area contributed by atoms with Crippen LogP contribution in [0.5, 0.6) is 0 Å². The monoisotopic (exact) mass is 305 g/mol. The number of amides is 1. The molecule has 3 atom stereocenters.